The van der Waals surface area contributed by atoms with Gasteiger partial charge in [0.05, 0.1) is 11.0 Å². The first-order chi connectivity index (χ1) is 10.1. The van der Waals surface area contributed by atoms with E-state index >= 15 is 0 Å². The highest BCUT2D eigenvalue weighted by Gasteiger charge is 2.08. The number of hydrogen-bond acceptors (Lipinski definition) is 3. The first-order valence-electron chi connectivity index (χ1n) is 6.60. The number of imidazole rings is 1. The number of anilines is 1. The van der Waals surface area contributed by atoms with E-state index < -0.39 is 6.09 Å². The summed E-state index contributed by atoms with van der Waals surface area (Å²) in [6, 6.07) is 14.5. The molecule has 21 heavy (non-hydrogen) atoms. The van der Waals surface area contributed by atoms with Crippen LogP contribution in [0.15, 0.2) is 48.5 Å². The van der Waals surface area contributed by atoms with E-state index in [0.717, 1.165) is 16.9 Å². The van der Waals surface area contributed by atoms with Crippen molar-refractivity contribution in [1.29, 1.82) is 0 Å². The Balaban J connectivity index is 1.77. The van der Waals surface area contributed by atoms with Crippen molar-refractivity contribution in [1.82, 2.24) is 9.55 Å². The molecule has 0 aliphatic rings. The molecule has 0 spiro atoms. The first-order valence-corrected chi connectivity index (χ1v) is 6.60. The molecule has 1 heterocycles. The fourth-order valence-corrected chi connectivity index (χ4v) is 2.14. The van der Waals surface area contributed by atoms with Crippen LogP contribution in [0.5, 0.6) is 5.75 Å². The van der Waals surface area contributed by atoms with Gasteiger partial charge in [0.15, 0.2) is 0 Å². The lowest BCUT2D eigenvalue weighted by Crippen LogP contribution is -2.16. The second-order valence-electron chi connectivity index (χ2n) is 4.75. The highest BCUT2D eigenvalue weighted by atomic mass is 16.6. The Labute approximate surface area is 122 Å². The second kappa shape index (κ2) is 5.28. The van der Waals surface area contributed by atoms with Crippen molar-refractivity contribution in [2.75, 3.05) is 5.32 Å². The highest BCUT2D eigenvalue weighted by molar-refractivity contribution is 5.89. The summed E-state index contributed by atoms with van der Waals surface area (Å²) in [4.78, 5) is 16.3. The van der Waals surface area contributed by atoms with Gasteiger partial charge in [-0.3, -0.25) is 5.32 Å². The summed E-state index contributed by atoms with van der Waals surface area (Å²) in [7, 11) is 1.96. The molecule has 1 N–H and O–H groups in total. The standard InChI is InChI=1S/C16H15N3O2/c1-11-17-14-10-12(8-9-15(14)19(11)2)18-16(20)21-13-6-4-3-5-7-13/h3-10H,1-2H3,(H,18,20). The molecular weight excluding hydrogens is 266 g/mol. The molecule has 0 bridgehead atoms. The molecule has 0 unspecified atom stereocenters. The van der Waals surface area contributed by atoms with Crippen LogP contribution in [-0.2, 0) is 7.05 Å². The molecule has 0 atom stereocenters. The normalized spacial score (nSPS) is 10.6. The van der Waals surface area contributed by atoms with Crippen molar-refractivity contribution in [2.45, 2.75) is 6.92 Å². The zero-order valence-corrected chi connectivity index (χ0v) is 11.8. The minimum atomic E-state index is -0.520. The smallest absolute Gasteiger partial charge is 0.410 e. The molecule has 0 radical (unpaired) electrons. The Kier molecular flexibility index (Phi) is 3.31. The predicted octanol–water partition coefficient (Wildman–Crippen LogP) is 3.49. The van der Waals surface area contributed by atoms with Gasteiger partial charge in [-0.2, -0.15) is 0 Å². The fourth-order valence-electron chi connectivity index (χ4n) is 2.14. The Morgan fingerprint density at radius 3 is 2.71 bits per heavy atom. The number of amides is 1. The summed E-state index contributed by atoms with van der Waals surface area (Å²) >= 11 is 0. The zero-order valence-electron chi connectivity index (χ0n) is 11.8. The maximum absolute atomic E-state index is 11.8. The lowest BCUT2D eigenvalue weighted by atomic mass is 10.3. The van der Waals surface area contributed by atoms with Crippen LogP contribution in [0.4, 0.5) is 10.5 Å². The molecule has 0 fully saturated rings. The number of aryl methyl sites for hydroxylation is 2. The molecule has 3 rings (SSSR count). The predicted molar refractivity (Wildman–Crippen MR) is 81.5 cm³/mol. The van der Waals surface area contributed by atoms with Crippen LogP contribution in [0.2, 0.25) is 0 Å². The van der Waals surface area contributed by atoms with Crippen LogP contribution in [0.3, 0.4) is 0 Å². The molecule has 3 aromatic rings. The van der Waals surface area contributed by atoms with Gasteiger partial charge < -0.3 is 9.30 Å². The minimum absolute atomic E-state index is 0.504. The van der Waals surface area contributed by atoms with Crippen molar-refractivity contribution >= 4 is 22.8 Å². The molecule has 0 saturated heterocycles. The third-order valence-corrected chi connectivity index (χ3v) is 3.30. The quantitative estimate of drug-likeness (QED) is 0.782. The van der Waals surface area contributed by atoms with E-state index in [-0.39, 0.29) is 0 Å². The molecule has 0 saturated carbocycles. The van der Waals surface area contributed by atoms with Crippen LogP contribution < -0.4 is 10.1 Å². The average molecular weight is 281 g/mol. The van der Waals surface area contributed by atoms with Gasteiger partial charge in [-0.1, -0.05) is 18.2 Å². The summed E-state index contributed by atoms with van der Waals surface area (Å²) in [6.07, 6.45) is -0.520. The number of hydrogen-bond donors (Lipinski definition) is 1. The van der Waals surface area contributed by atoms with Crippen LogP contribution in [0, 0.1) is 6.92 Å². The van der Waals surface area contributed by atoms with Gasteiger partial charge in [0, 0.05) is 12.7 Å². The van der Waals surface area contributed by atoms with Gasteiger partial charge in [0.2, 0.25) is 0 Å². The van der Waals surface area contributed by atoms with E-state index in [4.69, 9.17) is 4.74 Å². The molecular formula is C16H15N3O2. The summed E-state index contributed by atoms with van der Waals surface area (Å²) in [5.41, 5.74) is 2.52. The maximum Gasteiger partial charge on any atom is 0.417 e. The molecule has 1 aromatic heterocycles. The molecule has 0 aliphatic heterocycles. The highest BCUT2D eigenvalue weighted by Crippen LogP contribution is 2.19. The van der Waals surface area contributed by atoms with Crippen LogP contribution in [-0.4, -0.2) is 15.6 Å². The third-order valence-electron chi connectivity index (χ3n) is 3.30. The number of nitrogens with zero attached hydrogens (tertiary/aromatic N) is 2. The van der Waals surface area contributed by atoms with Crippen molar-refractivity contribution in [3.63, 3.8) is 0 Å². The molecule has 5 nitrogen and oxygen atoms in total. The van der Waals surface area contributed by atoms with Gasteiger partial charge in [-0.15, -0.1) is 0 Å². The number of para-hydroxylation sites is 1. The van der Waals surface area contributed by atoms with Gasteiger partial charge in [0.25, 0.3) is 0 Å². The van der Waals surface area contributed by atoms with Gasteiger partial charge in [0.1, 0.15) is 11.6 Å². The van der Waals surface area contributed by atoms with Gasteiger partial charge in [-0.05, 0) is 37.3 Å². The zero-order chi connectivity index (χ0) is 14.8. The van der Waals surface area contributed by atoms with E-state index in [9.17, 15) is 4.79 Å². The number of aromatic nitrogens is 2. The SMILES string of the molecule is Cc1nc2cc(NC(=O)Oc3ccccc3)ccc2n1C. The lowest BCUT2D eigenvalue weighted by Gasteiger charge is -2.06. The lowest BCUT2D eigenvalue weighted by molar-refractivity contribution is 0.215. The largest absolute Gasteiger partial charge is 0.417 e. The second-order valence-corrected chi connectivity index (χ2v) is 4.75. The van der Waals surface area contributed by atoms with E-state index in [2.05, 4.69) is 10.3 Å². The number of ether oxygens (including phenoxy) is 1. The van der Waals surface area contributed by atoms with E-state index in [1.54, 1.807) is 12.1 Å². The summed E-state index contributed by atoms with van der Waals surface area (Å²) in [5.74, 6) is 1.43. The van der Waals surface area contributed by atoms with Gasteiger partial charge in [-0.25, -0.2) is 9.78 Å². The monoisotopic (exact) mass is 281 g/mol. The summed E-state index contributed by atoms with van der Waals surface area (Å²) in [6.45, 7) is 1.94. The number of carbonyl (C=O) groups is 1. The Hall–Kier alpha value is -2.82. The minimum Gasteiger partial charge on any atom is -0.410 e. The number of benzene rings is 2. The number of carbonyl (C=O) groups excluding carboxylic acids is 1. The number of rotatable bonds is 2. The Bertz CT molecular complexity index is 794. The number of nitrogens with one attached hydrogen (secondary N) is 1. The topological polar surface area (TPSA) is 56.1 Å². The maximum atomic E-state index is 11.8. The first kappa shape index (κ1) is 13.2. The van der Waals surface area contributed by atoms with E-state index in [1.807, 2.05) is 54.9 Å². The molecule has 106 valence electrons. The molecule has 5 heteroatoms. The van der Waals surface area contributed by atoms with Crippen LogP contribution in [0.1, 0.15) is 5.82 Å². The van der Waals surface area contributed by atoms with Crippen LogP contribution >= 0.6 is 0 Å². The van der Waals surface area contributed by atoms with Gasteiger partial charge >= 0.3 is 6.09 Å². The van der Waals surface area contributed by atoms with E-state index in [1.165, 1.54) is 0 Å². The van der Waals surface area contributed by atoms with Crippen molar-refractivity contribution in [3.8, 4) is 5.75 Å². The Morgan fingerprint density at radius 2 is 1.95 bits per heavy atom. The molecule has 0 aliphatic carbocycles. The average Bonchev–Trinajstić information content (AvgIpc) is 2.74. The van der Waals surface area contributed by atoms with E-state index in [0.29, 0.717) is 11.4 Å². The molecule has 2 aromatic carbocycles. The van der Waals surface area contributed by atoms with Crippen molar-refractivity contribution < 1.29 is 9.53 Å². The van der Waals surface area contributed by atoms with Crippen LogP contribution in [0.25, 0.3) is 11.0 Å². The summed E-state index contributed by atoms with van der Waals surface area (Å²) < 4.78 is 7.19. The molecule has 1 amide bonds. The van der Waals surface area contributed by atoms with Crippen molar-refractivity contribution in [2.24, 2.45) is 7.05 Å². The Morgan fingerprint density at radius 1 is 1.19 bits per heavy atom. The summed E-state index contributed by atoms with van der Waals surface area (Å²) in [5, 5.41) is 2.70. The van der Waals surface area contributed by atoms with Crippen molar-refractivity contribution in [3.05, 3.63) is 54.4 Å². The fraction of sp³-hybridized carbons (Fsp3) is 0.125. The third kappa shape index (κ3) is 2.72. The number of fused-ring (bicyclic) bond motifs is 1.